The first-order valence-electron chi connectivity index (χ1n) is 3.33. The number of rotatable bonds is 0. The van der Waals surface area contributed by atoms with Gasteiger partial charge in [0.25, 0.3) is 0 Å². The van der Waals surface area contributed by atoms with Crippen LogP contribution in [0.5, 0.6) is 0 Å². The van der Waals surface area contributed by atoms with Gasteiger partial charge in [-0.3, -0.25) is 0 Å². The van der Waals surface area contributed by atoms with Crippen LogP contribution in [0.2, 0.25) is 0 Å². The Balaban J connectivity index is -0.000000125. The van der Waals surface area contributed by atoms with Gasteiger partial charge in [0, 0.05) is 17.1 Å². The summed E-state index contributed by atoms with van der Waals surface area (Å²) in [4.78, 5) is 0. The third-order valence-electron chi connectivity index (χ3n) is 1.11. The minimum absolute atomic E-state index is 0. The molecule has 0 bridgehead atoms. The molecule has 2 rings (SSSR count). The van der Waals surface area contributed by atoms with Crippen molar-refractivity contribution < 1.29 is 17.1 Å². The predicted molar refractivity (Wildman–Crippen MR) is 58.6 cm³/mol. The first-order chi connectivity index (χ1) is 5.00. The summed E-state index contributed by atoms with van der Waals surface area (Å²) in [7, 11) is 0. The van der Waals surface area contributed by atoms with Crippen molar-refractivity contribution in [3.05, 3.63) is 60.7 Å². The fourth-order valence-electron chi connectivity index (χ4n) is 0.642. The van der Waals surface area contributed by atoms with E-state index in [9.17, 15) is 0 Å². The summed E-state index contributed by atoms with van der Waals surface area (Å²) < 4.78 is 0. The van der Waals surface area contributed by atoms with Gasteiger partial charge in [0.1, 0.15) is 0 Å². The van der Waals surface area contributed by atoms with Crippen molar-refractivity contribution >= 4 is 24.8 Å². The van der Waals surface area contributed by atoms with Crippen molar-refractivity contribution in [3.63, 3.8) is 0 Å². The van der Waals surface area contributed by atoms with E-state index in [0.717, 1.165) is 0 Å². The maximum absolute atomic E-state index is 2.00. The summed E-state index contributed by atoms with van der Waals surface area (Å²) in [5.74, 6) is 0. The van der Waals surface area contributed by atoms with E-state index in [1.807, 2.05) is 60.7 Å². The molecular formula is C10H12Cl2Fe-6. The van der Waals surface area contributed by atoms with Gasteiger partial charge in [0.15, 0.2) is 0 Å². The van der Waals surface area contributed by atoms with Gasteiger partial charge < -0.3 is 30.3 Å². The Morgan fingerprint density at radius 1 is 0.615 bits per heavy atom. The first-order valence-corrected chi connectivity index (χ1v) is 3.33. The van der Waals surface area contributed by atoms with Crippen molar-refractivity contribution in [1.29, 1.82) is 0 Å². The van der Waals surface area contributed by atoms with Gasteiger partial charge >= 0.3 is 0 Å². The Kier molecular flexibility index (Phi) is 20.5. The summed E-state index contributed by atoms with van der Waals surface area (Å²) in [5, 5.41) is 0. The zero-order valence-corrected chi connectivity index (χ0v) is 9.68. The molecule has 0 atom stereocenters. The molecule has 0 saturated carbocycles. The van der Waals surface area contributed by atoms with Crippen molar-refractivity contribution in [2.24, 2.45) is 0 Å². The van der Waals surface area contributed by atoms with E-state index in [0.29, 0.717) is 0 Å². The van der Waals surface area contributed by atoms with E-state index >= 15 is 0 Å². The van der Waals surface area contributed by atoms with E-state index in [4.69, 9.17) is 0 Å². The SMILES string of the molecule is Cl.Cl.[Fe].[cH-]1[cH-][cH-][cH-][cH-]1.c1cc[cH-]c1. The van der Waals surface area contributed by atoms with Crippen LogP contribution in [0, 0.1) is 0 Å². The molecule has 0 saturated heterocycles. The van der Waals surface area contributed by atoms with Gasteiger partial charge in [0.05, 0.1) is 0 Å². The standard InChI is InChI=1S/2C5H5.2ClH.Fe/c2*1-2-4-5-3-1;;;/h2*1-5H;2*1H;/q-5;-1;;;. The molecule has 80 valence electrons. The Labute approximate surface area is 102 Å². The summed E-state index contributed by atoms with van der Waals surface area (Å²) in [6, 6.07) is 20.0. The van der Waals surface area contributed by atoms with Crippen molar-refractivity contribution in [1.82, 2.24) is 0 Å². The Morgan fingerprint density at radius 3 is 1.08 bits per heavy atom. The molecular weight excluding hydrogens is 247 g/mol. The zero-order chi connectivity index (χ0) is 7.07. The summed E-state index contributed by atoms with van der Waals surface area (Å²) in [6.45, 7) is 0. The molecule has 2 aromatic carbocycles. The molecule has 2 aromatic rings. The third kappa shape index (κ3) is 11.8. The van der Waals surface area contributed by atoms with Gasteiger partial charge in [-0.2, -0.15) is 18.2 Å². The molecule has 0 nitrogen and oxygen atoms in total. The molecule has 0 fully saturated rings. The minimum Gasteiger partial charge on any atom is -0.748 e. The normalized spacial score (nSPS) is 6.15. The quantitative estimate of drug-likeness (QED) is 0.500. The van der Waals surface area contributed by atoms with Crippen LogP contribution >= 0.6 is 24.8 Å². The Hall–Kier alpha value is -0.201. The average Bonchev–Trinajstić information content (AvgIpc) is 2.67. The predicted octanol–water partition coefficient (Wildman–Crippen LogP) is 3.65. The van der Waals surface area contributed by atoms with Gasteiger partial charge in [0.2, 0.25) is 0 Å². The van der Waals surface area contributed by atoms with Crippen LogP contribution in [0.1, 0.15) is 0 Å². The van der Waals surface area contributed by atoms with E-state index in [1.165, 1.54) is 0 Å². The largest absolute Gasteiger partial charge is 0.748 e. The molecule has 0 aliphatic rings. The van der Waals surface area contributed by atoms with Crippen molar-refractivity contribution in [3.8, 4) is 0 Å². The average molecular weight is 259 g/mol. The summed E-state index contributed by atoms with van der Waals surface area (Å²) >= 11 is 0. The van der Waals surface area contributed by atoms with E-state index in [-0.39, 0.29) is 41.9 Å². The molecule has 13 heavy (non-hydrogen) atoms. The monoisotopic (exact) mass is 258 g/mol. The third-order valence-corrected chi connectivity index (χ3v) is 1.11. The maximum Gasteiger partial charge on any atom is 0 e. The molecule has 0 aliphatic heterocycles. The second kappa shape index (κ2) is 14.3. The fourth-order valence-corrected chi connectivity index (χ4v) is 0.642. The second-order valence-electron chi connectivity index (χ2n) is 1.92. The second-order valence-corrected chi connectivity index (χ2v) is 1.92. The molecule has 0 unspecified atom stereocenters. The van der Waals surface area contributed by atoms with E-state index in [2.05, 4.69) is 0 Å². The zero-order valence-electron chi connectivity index (χ0n) is 6.94. The topological polar surface area (TPSA) is 0 Å². The molecule has 0 spiro atoms. The molecule has 0 heterocycles. The van der Waals surface area contributed by atoms with Crippen molar-refractivity contribution in [2.75, 3.05) is 0 Å². The molecule has 0 N–H and O–H groups in total. The number of hydrogen-bond donors (Lipinski definition) is 0. The molecule has 0 aliphatic carbocycles. The Morgan fingerprint density at radius 2 is 0.923 bits per heavy atom. The van der Waals surface area contributed by atoms with Crippen LogP contribution in [0.4, 0.5) is 0 Å². The molecule has 0 amide bonds. The molecule has 0 radical (unpaired) electrons. The smallest absolute Gasteiger partial charge is 0 e. The maximum atomic E-state index is 2.00. The van der Waals surface area contributed by atoms with Gasteiger partial charge in [-0.1, -0.05) is 0 Å². The van der Waals surface area contributed by atoms with Crippen LogP contribution < -0.4 is 0 Å². The van der Waals surface area contributed by atoms with Crippen molar-refractivity contribution in [2.45, 2.75) is 0 Å². The van der Waals surface area contributed by atoms with Crippen LogP contribution in [-0.4, -0.2) is 0 Å². The Bertz CT molecular complexity index is 152. The van der Waals surface area contributed by atoms with E-state index < -0.39 is 0 Å². The van der Waals surface area contributed by atoms with Crippen LogP contribution in [0.15, 0.2) is 60.7 Å². The van der Waals surface area contributed by atoms with Gasteiger partial charge in [-0.25, -0.2) is 12.1 Å². The van der Waals surface area contributed by atoms with Gasteiger partial charge in [-0.15, -0.1) is 24.8 Å². The summed E-state index contributed by atoms with van der Waals surface area (Å²) in [5.41, 5.74) is 0. The molecule has 0 aromatic heterocycles. The number of halogens is 2. The molecule has 3 heteroatoms. The fraction of sp³-hybridized carbons (Fsp3) is 0. The van der Waals surface area contributed by atoms with Crippen LogP contribution in [-0.2, 0) is 17.1 Å². The van der Waals surface area contributed by atoms with Crippen LogP contribution in [0.25, 0.3) is 0 Å². The van der Waals surface area contributed by atoms with Crippen LogP contribution in [0.3, 0.4) is 0 Å². The number of hydrogen-bond acceptors (Lipinski definition) is 0. The van der Waals surface area contributed by atoms with E-state index in [1.54, 1.807) is 0 Å². The first kappa shape index (κ1) is 18.6. The summed E-state index contributed by atoms with van der Waals surface area (Å²) in [6.07, 6.45) is 0. The van der Waals surface area contributed by atoms with Gasteiger partial charge in [-0.05, 0) is 0 Å². The minimum atomic E-state index is 0.